The number of nitrogens with zero attached hydrogens (tertiary/aromatic N) is 5. The first-order valence-corrected chi connectivity index (χ1v) is 10.2. The highest BCUT2D eigenvalue weighted by atomic mass is 32.1. The van der Waals surface area contributed by atoms with Gasteiger partial charge in [0.1, 0.15) is 5.01 Å². The molecule has 5 nitrogen and oxygen atoms in total. The van der Waals surface area contributed by atoms with Crippen molar-refractivity contribution in [3.63, 3.8) is 0 Å². The lowest BCUT2D eigenvalue weighted by molar-refractivity contribution is 0.245. The lowest BCUT2D eigenvalue weighted by Crippen LogP contribution is -2.22. The average molecular weight is 408 g/mol. The summed E-state index contributed by atoms with van der Waals surface area (Å²) < 4.78 is 4.62. The van der Waals surface area contributed by atoms with E-state index in [2.05, 4.69) is 47.5 Å². The fraction of sp³-hybridized carbons (Fsp3) is 0.190. The molecule has 0 amide bonds. The van der Waals surface area contributed by atoms with Crippen LogP contribution in [-0.2, 0) is 13.2 Å². The normalized spacial score (nSPS) is 11.2. The number of hydrogen-bond donors (Lipinski definition) is 0. The highest BCUT2D eigenvalue weighted by Gasteiger charge is 2.14. The molecule has 0 unspecified atom stereocenters. The minimum atomic E-state index is 0.647. The van der Waals surface area contributed by atoms with Crippen molar-refractivity contribution >= 4 is 23.6 Å². The highest BCUT2D eigenvalue weighted by molar-refractivity contribution is 7.73. The molecule has 4 aromatic rings. The lowest BCUT2D eigenvalue weighted by atomic mass is 10.1. The molecule has 0 saturated heterocycles. The van der Waals surface area contributed by atoms with Crippen molar-refractivity contribution in [2.45, 2.75) is 20.1 Å². The Labute approximate surface area is 173 Å². The van der Waals surface area contributed by atoms with E-state index in [1.807, 2.05) is 52.7 Å². The van der Waals surface area contributed by atoms with Crippen LogP contribution in [0.5, 0.6) is 0 Å². The fourth-order valence-corrected chi connectivity index (χ4v) is 4.20. The summed E-state index contributed by atoms with van der Waals surface area (Å²) in [6, 6.07) is 20.5. The minimum absolute atomic E-state index is 0.647. The maximum absolute atomic E-state index is 5.40. The topological polar surface area (TPSA) is 38.9 Å². The van der Waals surface area contributed by atoms with Crippen molar-refractivity contribution in [2.24, 2.45) is 0 Å². The zero-order chi connectivity index (χ0) is 19.5. The molecular formula is C21H21N5S2. The Kier molecular flexibility index (Phi) is 5.47. The predicted octanol–water partition coefficient (Wildman–Crippen LogP) is 4.92. The Bertz CT molecular complexity index is 1110. The predicted molar refractivity (Wildman–Crippen MR) is 116 cm³/mol. The molecule has 0 aliphatic carbocycles. The van der Waals surface area contributed by atoms with E-state index in [0.29, 0.717) is 6.67 Å². The standard InChI is InChI=1S/C21H21N5S2/c1-16-22-26(21(27)28-16)15-24(2)13-18-14-25(19-11-7-4-8-12-19)23-20(18)17-9-5-3-6-10-17/h3-12,14H,13,15H2,1-2H3. The summed E-state index contributed by atoms with van der Waals surface area (Å²) in [5.41, 5.74) is 4.32. The van der Waals surface area contributed by atoms with E-state index in [1.54, 1.807) is 11.3 Å². The van der Waals surface area contributed by atoms with E-state index in [-0.39, 0.29) is 0 Å². The molecule has 2 aromatic heterocycles. The van der Waals surface area contributed by atoms with Gasteiger partial charge in [-0.2, -0.15) is 10.2 Å². The molecule has 0 atom stereocenters. The smallest absolute Gasteiger partial charge is 0.180 e. The molecule has 0 saturated carbocycles. The number of hydrogen-bond acceptors (Lipinski definition) is 5. The van der Waals surface area contributed by atoms with Gasteiger partial charge in [0.2, 0.25) is 0 Å². The third-order valence-electron chi connectivity index (χ3n) is 4.38. The molecular weight excluding hydrogens is 386 g/mol. The van der Waals surface area contributed by atoms with Gasteiger partial charge in [0, 0.05) is 23.9 Å². The van der Waals surface area contributed by atoms with Gasteiger partial charge in [-0.1, -0.05) is 59.9 Å². The van der Waals surface area contributed by atoms with Gasteiger partial charge >= 0.3 is 0 Å². The fourth-order valence-electron chi connectivity index (χ4n) is 3.15. The second-order valence-corrected chi connectivity index (χ2v) is 8.52. The van der Waals surface area contributed by atoms with Gasteiger partial charge in [-0.15, -0.1) is 0 Å². The van der Waals surface area contributed by atoms with E-state index < -0.39 is 0 Å². The first-order valence-electron chi connectivity index (χ1n) is 9.02. The van der Waals surface area contributed by atoms with E-state index in [0.717, 1.165) is 38.0 Å². The summed E-state index contributed by atoms with van der Waals surface area (Å²) in [6.45, 7) is 3.37. The van der Waals surface area contributed by atoms with Crippen LogP contribution in [0, 0.1) is 10.9 Å². The molecule has 2 aromatic carbocycles. The number of para-hydroxylation sites is 1. The molecule has 28 heavy (non-hydrogen) atoms. The van der Waals surface area contributed by atoms with E-state index in [9.17, 15) is 0 Å². The molecule has 4 rings (SSSR count). The van der Waals surface area contributed by atoms with E-state index in [1.165, 1.54) is 0 Å². The third-order valence-corrected chi connectivity index (χ3v) is 5.60. The summed E-state index contributed by atoms with van der Waals surface area (Å²) in [7, 11) is 2.07. The lowest BCUT2D eigenvalue weighted by Gasteiger charge is -2.16. The molecule has 0 N–H and O–H groups in total. The number of aromatic nitrogens is 4. The summed E-state index contributed by atoms with van der Waals surface area (Å²) in [5.74, 6) is 0. The molecule has 0 spiro atoms. The summed E-state index contributed by atoms with van der Waals surface area (Å²) in [6.07, 6.45) is 2.11. The van der Waals surface area contributed by atoms with Gasteiger partial charge in [-0.3, -0.25) is 4.90 Å². The largest absolute Gasteiger partial charge is 0.283 e. The maximum atomic E-state index is 5.40. The van der Waals surface area contributed by atoms with Crippen LogP contribution in [0.4, 0.5) is 0 Å². The molecule has 2 heterocycles. The first-order chi connectivity index (χ1) is 13.6. The van der Waals surface area contributed by atoms with Gasteiger partial charge in [0.05, 0.1) is 18.1 Å². The second kappa shape index (κ2) is 8.18. The van der Waals surface area contributed by atoms with Crippen molar-refractivity contribution in [1.82, 2.24) is 24.5 Å². The molecule has 0 fully saturated rings. The van der Waals surface area contributed by atoms with Crippen molar-refractivity contribution in [3.05, 3.63) is 81.4 Å². The van der Waals surface area contributed by atoms with E-state index >= 15 is 0 Å². The Hall–Kier alpha value is -2.61. The molecule has 0 bridgehead atoms. The van der Waals surface area contributed by atoms with Gasteiger partial charge in [0.15, 0.2) is 3.95 Å². The van der Waals surface area contributed by atoms with Crippen molar-refractivity contribution < 1.29 is 0 Å². The molecule has 0 aliphatic rings. The molecule has 0 aliphatic heterocycles. The minimum Gasteiger partial charge on any atom is -0.283 e. The Morgan fingerprint density at radius 1 is 1.00 bits per heavy atom. The second-order valence-electron chi connectivity index (χ2n) is 6.69. The van der Waals surface area contributed by atoms with Crippen LogP contribution < -0.4 is 0 Å². The van der Waals surface area contributed by atoms with Gasteiger partial charge in [0.25, 0.3) is 0 Å². The van der Waals surface area contributed by atoms with Crippen LogP contribution in [-0.4, -0.2) is 31.5 Å². The number of rotatable bonds is 6. The van der Waals surface area contributed by atoms with Crippen molar-refractivity contribution in [1.29, 1.82) is 0 Å². The zero-order valence-corrected chi connectivity index (χ0v) is 17.5. The molecule has 7 heteroatoms. The van der Waals surface area contributed by atoms with Gasteiger partial charge in [-0.25, -0.2) is 9.36 Å². The Morgan fingerprint density at radius 3 is 2.32 bits per heavy atom. The van der Waals surface area contributed by atoms with Crippen LogP contribution in [0.15, 0.2) is 66.9 Å². The maximum Gasteiger partial charge on any atom is 0.180 e. The van der Waals surface area contributed by atoms with Crippen LogP contribution in [0.25, 0.3) is 16.9 Å². The molecule has 0 radical (unpaired) electrons. The summed E-state index contributed by atoms with van der Waals surface area (Å²) >= 11 is 6.94. The Morgan fingerprint density at radius 2 is 1.68 bits per heavy atom. The SMILES string of the molecule is Cc1nn(CN(C)Cc2cn(-c3ccccc3)nc2-c2ccccc2)c(=S)s1. The summed E-state index contributed by atoms with van der Waals surface area (Å²) in [5, 5.41) is 10.4. The zero-order valence-electron chi connectivity index (χ0n) is 15.8. The van der Waals surface area contributed by atoms with Crippen LogP contribution in [0.1, 0.15) is 10.6 Å². The van der Waals surface area contributed by atoms with Crippen molar-refractivity contribution in [3.8, 4) is 16.9 Å². The number of aryl methyl sites for hydroxylation is 1. The van der Waals surface area contributed by atoms with Crippen molar-refractivity contribution in [2.75, 3.05) is 7.05 Å². The van der Waals surface area contributed by atoms with E-state index in [4.69, 9.17) is 17.3 Å². The first kappa shape index (κ1) is 18.7. The molecule has 142 valence electrons. The monoisotopic (exact) mass is 407 g/mol. The highest BCUT2D eigenvalue weighted by Crippen LogP contribution is 2.25. The third kappa shape index (κ3) is 4.11. The van der Waals surface area contributed by atoms with Crippen LogP contribution in [0.3, 0.4) is 0 Å². The quantitative estimate of drug-likeness (QED) is 0.425. The Balaban J connectivity index is 1.65. The van der Waals surface area contributed by atoms with Gasteiger partial charge in [-0.05, 0) is 38.3 Å². The van der Waals surface area contributed by atoms with Crippen LogP contribution >= 0.6 is 23.6 Å². The average Bonchev–Trinajstić information content (AvgIpc) is 3.26. The van der Waals surface area contributed by atoms with Gasteiger partial charge < -0.3 is 0 Å². The van der Waals surface area contributed by atoms with Crippen LogP contribution in [0.2, 0.25) is 0 Å². The number of benzene rings is 2. The summed E-state index contributed by atoms with van der Waals surface area (Å²) in [4.78, 5) is 2.20.